The lowest BCUT2D eigenvalue weighted by Crippen LogP contribution is -2.20. The van der Waals surface area contributed by atoms with Crippen LogP contribution in [0, 0.1) is 11.8 Å². The largest absolute Gasteiger partial charge is 0.397 e. The summed E-state index contributed by atoms with van der Waals surface area (Å²) in [6.45, 7) is 8.30. The van der Waals surface area contributed by atoms with E-state index in [0.29, 0.717) is 10.6 Å². The molecule has 1 unspecified atom stereocenters. The van der Waals surface area contributed by atoms with Gasteiger partial charge in [-0.1, -0.05) is 13.8 Å². The molecule has 17 heavy (non-hydrogen) atoms. The standard InChI is InChI=1S/C13H20N2OS/c1-8(2)10-4-5-15(7-10)12-6-11(14)13(17-12)9(3)16/h6,8,10H,4-5,7,14H2,1-3H3. The SMILES string of the molecule is CC(=O)c1sc(N2CCC(C(C)C)C2)cc1N. The quantitative estimate of drug-likeness (QED) is 0.841. The summed E-state index contributed by atoms with van der Waals surface area (Å²) >= 11 is 1.53. The highest BCUT2D eigenvalue weighted by molar-refractivity contribution is 7.18. The van der Waals surface area contributed by atoms with Gasteiger partial charge in [-0.15, -0.1) is 11.3 Å². The molecule has 1 atom stereocenters. The molecule has 3 nitrogen and oxygen atoms in total. The van der Waals surface area contributed by atoms with Crippen LogP contribution in [0.15, 0.2) is 6.07 Å². The maximum Gasteiger partial charge on any atom is 0.171 e. The summed E-state index contributed by atoms with van der Waals surface area (Å²) in [5.74, 6) is 1.56. The van der Waals surface area contributed by atoms with Gasteiger partial charge in [-0.05, 0) is 24.3 Å². The van der Waals surface area contributed by atoms with Gasteiger partial charge in [-0.3, -0.25) is 4.79 Å². The van der Waals surface area contributed by atoms with Crippen molar-refractivity contribution in [2.45, 2.75) is 27.2 Å². The first kappa shape index (κ1) is 12.4. The second-order valence-electron chi connectivity index (χ2n) is 5.16. The van der Waals surface area contributed by atoms with E-state index < -0.39 is 0 Å². The number of hydrogen-bond acceptors (Lipinski definition) is 4. The van der Waals surface area contributed by atoms with Gasteiger partial charge in [0.25, 0.3) is 0 Å². The highest BCUT2D eigenvalue weighted by Crippen LogP contribution is 2.36. The summed E-state index contributed by atoms with van der Waals surface area (Å²) in [6.07, 6.45) is 1.24. The van der Waals surface area contributed by atoms with Crippen molar-refractivity contribution < 1.29 is 4.79 Å². The summed E-state index contributed by atoms with van der Waals surface area (Å²) in [6, 6.07) is 1.95. The average molecular weight is 252 g/mol. The van der Waals surface area contributed by atoms with E-state index in [4.69, 9.17) is 5.73 Å². The number of nitrogens with zero attached hydrogens (tertiary/aromatic N) is 1. The van der Waals surface area contributed by atoms with E-state index in [-0.39, 0.29) is 5.78 Å². The molecule has 1 aliphatic rings. The number of nitrogens with two attached hydrogens (primary N) is 1. The molecule has 1 fully saturated rings. The van der Waals surface area contributed by atoms with Crippen molar-refractivity contribution in [1.29, 1.82) is 0 Å². The highest BCUT2D eigenvalue weighted by Gasteiger charge is 2.26. The van der Waals surface area contributed by atoms with Gasteiger partial charge >= 0.3 is 0 Å². The number of Topliss-reactive ketones (excluding diaryl/α,β-unsaturated/α-hetero) is 1. The minimum absolute atomic E-state index is 0.0679. The number of thiophene rings is 1. The molecule has 1 saturated heterocycles. The third-order valence-electron chi connectivity index (χ3n) is 3.55. The molecule has 0 spiro atoms. The van der Waals surface area contributed by atoms with E-state index in [9.17, 15) is 4.79 Å². The molecule has 0 saturated carbocycles. The van der Waals surface area contributed by atoms with Gasteiger partial charge in [0.2, 0.25) is 0 Å². The number of ketones is 1. The van der Waals surface area contributed by atoms with Gasteiger partial charge in [0.15, 0.2) is 5.78 Å². The summed E-state index contributed by atoms with van der Waals surface area (Å²) in [7, 11) is 0. The fourth-order valence-corrected chi connectivity index (χ4v) is 3.36. The van der Waals surface area contributed by atoms with Crippen LogP contribution in [-0.4, -0.2) is 18.9 Å². The van der Waals surface area contributed by atoms with Crippen molar-refractivity contribution >= 4 is 27.8 Å². The number of carbonyl (C=O) groups excluding carboxylic acids is 1. The molecule has 1 aliphatic heterocycles. The third-order valence-corrected chi connectivity index (χ3v) is 4.86. The van der Waals surface area contributed by atoms with Gasteiger partial charge < -0.3 is 10.6 Å². The van der Waals surface area contributed by atoms with Crippen LogP contribution in [0.2, 0.25) is 0 Å². The Morgan fingerprint density at radius 2 is 2.29 bits per heavy atom. The molecule has 0 amide bonds. The van der Waals surface area contributed by atoms with Crippen LogP contribution in [0.25, 0.3) is 0 Å². The van der Waals surface area contributed by atoms with E-state index >= 15 is 0 Å². The topological polar surface area (TPSA) is 46.3 Å². The molecule has 1 aromatic rings. The molecule has 2 heterocycles. The predicted molar refractivity (Wildman–Crippen MR) is 73.9 cm³/mol. The molecular weight excluding hydrogens is 232 g/mol. The smallest absolute Gasteiger partial charge is 0.171 e. The Bertz CT molecular complexity index is 425. The van der Waals surface area contributed by atoms with Gasteiger partial charge in [-0.2, -0.15) is 0 Å². The number of hydrogen-bond donors (Lipinski definition) is 1. The third kappa shape index (κ3) is 2.46. The zero-order valence-electron chi connectivity index (χ0n) is 10.7. The molecular formula is C13H20N2OS. The summed E-state index contributed by atoms with van der Waals surface area (Å²) in [5, 5.41) is 1.15. The summed E-state index contributed by atoms with van der Waals surface area (Å²) in [4.78, 5) is 14.4. The van der Waals surface area contributed by atoms with Crippen LogP contribution in [0.3, 0.4) is 0 Å². The first-order valence-electron chi connectivity index (χ1n) is 6.14. The monoisotopic (exact) mass is 252 g/mol. The van der Waals surface area contributed by atoms with Crippen molar-refractivity contribution in [2.24, 2.45) is 11.8 Å². The fraction of sp³-hybridized carbons (Fsp3) is 0.615. The van der Waals surface area contributed by atoms with Crippen molar-refractivity contribution in [1.82, 2.24) is 0 Å². The zero-order valence-corrected chi connectivity index (χ0v) is 11.5. The predicted octanol–water partition coefficient (Wildman–Crippen LogP) is 3.02. The van der Waals surface area contributed by atoms with Gasteiger partial charge in [0.05, 0.1) is 15.6 Å². The number of anilines is 2. The Morgan fingerprint density at radius 3 is 2.76 bits per heavy atom. The lowest BCUT2D eigenvalue weighted by atomic mass is 9.95. The minimum atomic E-state index is 0.0679. The fourth-order valence-electron chi connectivity index (χ4n) is 2.35. The van der Waals surface area contributed by atoms with Gasteiger partial charge in [0, 0.05) is 20.0 Å². The lowest BCUT2D eigenvalue weighted by Gasteiger charge is -2.17. The lowest BCUT2D eigenvalue weighted by molar-refractivity contribution is 0.102. The molecule has 0 aromatic carbocycles. The van der Waals surface area contributed by atoms with Gasteiger partial charge in [-0.25, -0.2) is 0 Å². The molecule has 94 valence electrons. The first-order chi connectivity index (χ1) is 7.99. The van der Waals surface area contributed by atoms with E-state index in [1.54, 1.807) is 6.92 Å². The van der Waals surface area contributed by atoms with Crippen LogP contribution in [0.4, 0.5) is 10.7 Å². The Balaban J connectivity index is 2.14. The molecule has 0 bridgehead atoms. The summed E-state index contributed by atoms with van der Waals surface area (Å²) in [5.41, 5.74) is 6.50. The molecule has 4 heteroatoms. The van der Waals surface area contributed by atoms with Crippen LogP contribution < -0.4 is 10.6 Å². The highest BCUT2D eigenvalue weighted by atomic mass is 32.1. The van der Waals surface area contributed by atoms with Crippen LogP contribution in [0.5, 0.6) is 0 Å². The van der Waals surface area contributed by atoms with Crippen LogP contribution in [-0.2, 0) is 0 Å². The van der Waals surface area contributed by atoms with Gasteiger partial charge in [0.1, 0.15) is 0 Å². The number of nitrogen functional groups attached to an aromatic ring is 1. The minimum Gasteiger partial charge on any atom is -0.397 e. The molecule has 1 aromatic heterocycles. The molecule has 0 aliphatic carbocycles. The van der Waals surface area contributed by atoms with E-state index in [1.807, 2.05) is 6.07 Å². The Morgan fingerprint density at radius 1 is 1.59 bits per heavy atom. The number of rotatable bonds is 3. The number of carbonyl (C=O) groups is 1. The van der Waals surface area contributed by atoms with Crippen LogP contribution in [0.1, 0.15) is 36.9 Å². The first-order valence-corrected chi connectivity index (χ1v) is 6.96. The molecule has 2 rings (SSSR count). The maximum absolute atomic E-state index is 11.4. The van der Waals surface area contributed by atoms with E-state index in [2.05, 4.69) is 18.7 Å². The Hall–Kier alpha value is -1.03. The molecule has 2 N–H and O–H groups in total. The van der Waals surface area contributed by atoms with Crippen molar-refractivity contribution in [3.63, 3.8) is 0 Å². The van der Waals surface area contributed by atoms with Crippen LogP contribution >= 0.6 is 11.3 Å². The van der Waals surface area contributed by atoms with Crippen molar-refractivity contribution in [2.75, 3.05) is 23.7 Å². The summed E-state index contributed by atoms with van der Waals surface area (Å²) < 4.78 is 0. The van der Waals surface area contributed by atoms with E-state index in [0.717, 1.165) is 29.9 Å². The maximum atomic E-state index is 11.4. The average Bonchev–Trinajstić information content (AvgIpc) is 2.82. The Kier molecular flexibility index (Phi) is 3.43. The second kappa shape index (κ2) is 4.69. The molecule has 0 radical (unpaired) electrons. The zero-order chi connectivity index (χ0) is 12.6. The van der Waals surface area contributed by atoms with Crippen molar-refractivity contribution in [3.05, 3.63) is 10.9 Å². The van der Waals surface area contributed by atoms with E-state index in [1.165, 1.54) is 17.8 Å². The normalized spacial score (nSPS) is 20.2. The second-order valence-corrected chi connectivity index (χ2v) is 6.19. The van der Waals surface area contributed by atoms with Crippen molar-refractivity contribution in [3.8, 4) is 0 Å². The Labute approximate surface area is 107 Å².